The predicted molar refractivity (Wildman–Crippen MR) is 73.8 cm³/mol. The van der Waals surface area contributed by atoms with E-state index in [1.54, 1.807) is 13.0 Å². The molecule has 7 nitrogen and oxygen atoms in total. The Morgan fingerprint density at radius 3 is 2.68 bits per heavy atom. The lowest BCUT2D eigenvalue weighted by atomic mass is 10.1. The number of carboxylic acids is 1. The lowest BCUT2D eigenvalue weighted by Crippen LogP contribution is -2.29. The highest BCUT2D eigenvalue weighted by Gasteiger charge is 2.12. The van der Waals surface area contributed by atoms with Crippen LogP contribution in [0.15, 0.2) is 18.2 Å². The fraction of sp³-hybridized carbons (Fsp3) is 0.364. The van der Waals surface area contributed by atoms with Gasteiger partial charge in [0, 0.05) is 24.5 Å². The van der Waals surface area contributed by atoms with E-state index in [4.69, 9.17) is 10.8 Å². The Morgan fingerprint density at radius 1 is 1.42 bits per heavy atom. The maximum absolute atomic E-state index is 11.4. The molecule has 1 aromatic rings. The highest BCUT2D eigenvalue weighted by atomic mass is 32.2. The molecular weight excluding hydrogens is 270 g/mol. The third-order valence-electron chi connectivity index (χ3n) is 2.32. The maximum atomic E-state index is 11.4. The van der Waals surface area contributed by atoms with Crippen molar-refractivity contribution in [1.29, 1.82) is 0 Å². The normalized spacial score (nSPS) is 11.2. The van der Waals surface area contributed by atoms with E-state index in [0.717, 1.165) is 0 Å². The second kappa shape index (κ2) is 6.39. The van der Waals surface area contributed by atoms with Crippen molar-refractivity contribution >= 4 is 27.4 Å². The number of nitrogen functional groups attached to an aromatic ring is 1. The Kier molecular flexibility index (Phi) is 5.13. The average Bonchev–Trinajstić information content (AvgIpc) is 2.30. The summed E-state index contributed by atoms with van der Waals surface area (Å²) in [5.74, 6) is -1.26. The number of hydrogen-bond acceptors (Lipinski definition) is 5. The van der Waals surface area contributed by atoms with Gasteiger partial charge in [0.25, 0.3) is 0 Å². The molecule has 1 aromatic carbocycles. The van der Waals surface area contributed by atoms with E-state index in [1.165, 1.54) is 12.1 Å². The summed E-state index contributed by atoms with van der Waals surface area (Å²) < 4.78 is 25.2. The van der Waals surface area contributed by atoms with Crippen molar-refractivity contribution in [2.45, 2.75) is 6.92 Å². The topological polar surface area (TPSA) is 122 Å². The molecule has 0 radical (unpaired) electrons. The van der Waals surface area contributed by atoms with Crippen LogP contribution < -0.4 is 15.8 Å². The van der Waals surface area contributed by atoms with Gasteiger partial charge in [-0.05, 0) is 18.2 Å². The van der Waals surface area contributed by atoms with Crippen LogP contribution in [0, 0.1) is 0 Å². The van der Waals surface area contributed by atoms with E-state index in [0.29, 0.717) is 17.9 Å². The third-order valence-corrected chi connectivity index (χ3v) is 3.79. The Hall–Kier alpha value is -1.80. The molecule has 0 saturated heterocycles. The van der Waals surface area contributed by atoms with E-state index in [1.807, 2.05) is 0 Å². The van der Waals surface area contributed by atoms with Gasteiger partial charge in [-0.2, -0.15) is 0 Å². The van der Waals surface area contributed by atoms with Gasteiger partial charge in [0.1, 0.15) is 0 Å². The van der Waals surface area contributed by atoms with E-state index in [9.17, 15) is 13.2 Å². The molecule has 0 spiro atoms. The summed E-state index contributed by atoms with van der Waals surface area (Å²) in [6.07, 6.45) is 0. The number of hydrogen-bond donors (Lipinski definition) is 4. The molecule has 0 fully saturated rings. The van der Waals surface area contributed by atoms with Crippen LogP contribution >= 0.6 is 0 Å². The second-order valence-electron chi connectivity index (χ2n) is 3.85. The SMILES string of the molecule is CCNS(=O)(=O)CCNc1ccc(N)cc1C(=O)O. The Balaban J connectivity index is 2.71. The van der Waals surface area contributed by atoms with E-state index in [-0.39, 0.29) is 17.9 Å². The van der Waals surface area contributed by atoms with Crippen LogP contribution in [-0.2, 0) is 10.0 Å². The summed E-state index contributed by atoms with van der Waals surface area (Å²) >= 11 is 0. The zero-order chi connectivity index (χ0) is 14.5. The molecule has 8 heteroatoms. The summed E-state index contributed by atoms with van der Waals surface area (Å²) in [6, 6.07) is 4.38. The average molecular weight is 287 g/mol. The zero-order valence-corrected chi connectivity index (χ0v) is 11.3. The van der Waals surface area contributed by atoms with Gasteiger partial charge < -0.3 is 16.2 Å². The lowest BCUT2D eigenvalue weighted by molar-refractivity contribution is 0.0698. The van der Waals surface area contributed by atoms with Crippen molar-refractivity contribution < 1.29 is 18.3 Å². The minimum atomic E-state index is -3.33. The number of carboxylic acid groups (broad SMARTS) is 1. The van der Waals surface area contributed by atoms with Gasteiger partial charge in [0.15, 0.2) is 0 Å². The standard InChI is InChI=1S/C11H17N3O4S/c1-2-14-19(17,18)6-5-13-10-4-3-8(12)7-9(10)11(15)16/h3-4,7,13-14H,2,5-6,12H2,1H3,(H,15,16). The monoisotopic (exact) mass is 287 g/mol. The van der Waals surface area contributed by atoms with Crippen molar-refractivity contribution in [3.05, 3.63) is 23.8 Å². The van der Waals surface area contributed by atoms with Gasteiger partial charge in [-0.3, -0.25) is 0 Å². The van der Waals surface area contributed by atoms with E-state index < -0.39 is 16.0 Å². The van der Waals surface area contributed by atoms with Crippen LogP contribution in [0.2, 0.25) is 0 Å². The smallest absolute Gasteiger partial charge is 0.337 e. The predicted octanol–water partition coefficient (Wildman–Crippen LogP) is 0.318. The minimum Gasteiger partial charge on any atom is -0.478 e. The fourth-order valence-electron chi connectivity index (χ4n) is 1.51. The van der Waals surface area contributed by atoms with Crippen molar-refractivity contribution in [2.24, 2.45) is 0 Å². The van der Waals surface area contributed by atoms with Crippen LogP contribution in [-0.4, -0.2) is 38.3 Å². The minimum absolute atomic E-state index is 0.0147. The van der Waals surface area contributed by atoms with Crippen molar-refractivity contribution in [3.63, 3.8) is 0 Å². The van der Waals surface area contributed by atoms with Crippen LogP contribution in [0.25, 0.3) is 0 Å². The summed E-state index contributed by atoms with van der Waals surface area (Å²) in [6.45, 7) is 2.12. The third kappa shape index (κ3) is 4.76. The number of carbonyl (C=O) groups is 1. The van der Waals surface area contributed by atoms with Crippen LogP contribution in [0.1, 0.15) is 17.3 Å². The molecule has 0 heterocycles. The first-order chi connectivity index (χ1) is 8.85. The molecule has 19 heavy (non-hydrogen) atoms. The molecule has 0 atom stereocenters. The summed E-state index contributed by atoms with van der Waals surface area (Å²) in [5, 5.41) is 11.8. The maximum Gasteiger partial charge on any atom is 0.337 e. The molecule has 0 aliphatic carbocycles. The number of sulfonamides is 1. The summed E-state index contributed by atoms with van der Waals surface area (Å²) in [7, 11) is -3.33. The summed E-state index contributed by atoms with van der Waals surface area (Å²) in [4.78, 5) is 11.0. The molecule has 0 unspecified atom stereocenters. The van der Waals surface area contributed by atoms with Crippen molar-refractivity contribution in [1.82, 2.24) is 4.72 Å². The zero-order valence-electron chi connectivity index (χ0n) is 10.5. The molecule has 1 rings (SSSR count). The van der Waals surface area contributed by atoms with Gasteiger partial charge in [-0.25, -0.2) is 17.9 Å². The number of rotatable bonds is 7. The van der Waals surface area contributed by atoms with Gasteiger partial charge in [0.05, 0.1) is 11.3 Å². The first-order valence-corrected chi connectivity index (χ1v) is 7.35. The quantitative estimate of drug-likeness (QED) is 0.536. The second-order valence-corrected chi connectivity index (χ2v) is 5.78. The van der Waals surface area contributed by atoms with Crippen LogP contribution in [0.3, 0.4) is 0 Å². The highest BCUT2D eigenvalue weighted by molar-refractivity contribution is 7.89. The molecule has 106 valence electrons. The van der Waals surface area contributed by atoms with E-state index >= 15 is 0 Å². The van der Waals surface area contributed by atoms with Crippen LogP contribution in [0.5, 0.6) is 0 Å². The number of nitrogens with one attached hydrogen (secondary N) is 2. The number of anilines is 2. The molecule has 0 saturated carbocycles. The largest absolute Gasteiger partial charge is 0.478 e. The van der Waals surface area contributed by atoms with Gasteiger partial charge in [-0.1, -0.05) is 6.92 Å². The molecule has 5 N–H and O–H groups in total. The first kappa shape index (κ1) is 15.3. The van der Waals surface area contributed by atoms with Gasteiger partial charge >= 0.3 is 5.97 Å². The van der Waals surface area contributed by atoms with Gasteiger partial charge in [0.2, 0.25) is 10.0 Å². The number of aromatic carboxylic acids is 1. The fourth-order valence-corrected chi connectivity index (χ4v) is 2.46. The Bertz CT molecular complexity index is 557. The van der Waals surface area contributed by atoms with Gasteiger partial charge in [-0.15, -0.1) is 0 Å². The Labute approximate surface area is 111 Å². The van der Waals surface area contributed by atoms with Crippen molar-refractivity contribution in [2.75, 3.05) is 29.9 Å². The molecule has 0 amide bonds. The van der Waals surface area contributed by atoms with Crippen LogP contribution in [0.4, 0.5) is 11.4 Å². The lowest BCUT2D eigenvalue weighted by Gasteiger charge is -2.10. The molecule has 0 aliphatic rings. The first-order valence-electron chi connectivity index (χ1n) is 5.69. The van der Waals surface area contributed by atoms with E-state index in [2.05, 4.69) is 10.0 Å². The molecule has 0 aliphatic heterocycles. The Morgan fingerprint density at radius 2 is 2.11 bits per heavy atom. The number of nitrogens with two attached hydrogens (primary N) is 1. The van der Waals surface area contributed by atoms with Crippen molar-refractivity contribution in [3.8, 4) is 0 Å². The highest BCUT2D eigenvalue weighted by Crippen LogP contribution is 2.18. The summed E-state index contributed by atoms with van der Waals surface area (Å²) in [5.41, 5.74) is 6.20. The molecular formula is C11H17N3O4S. The molecule has 0 aromatic heterocycles. The molecule has 0 bridgehead atoms. The number of benzene rings is 1.